The van der Waals surface area contributed by atoms with E-state index in [1.165, 1.54) is 31.2 Å². The topological polar surface area (TPSA) is 0 Å². The molecular formula is C14H20. The molecule has 76 valence electrons. The molecule has 1 saturated carbocycles. The Morgan fingerprint density at radius 2 is 1.93 bits per heavy atom. The maximum Gasteiger partial charge on any atom is -0.0131 e. The summed E-state index contributed by atoms with van der Waals surface area (Å²) in [6.07, 6.45) is 5.63. The van der Waals surface area contributed by atoms with E-state index >= 15 is 0 Å². The molecule has 0 spiro atoms. The number of hydrogen-bond acceptors (Lipinski definition) is 0. The van der Waals surface area contributed by atoms with Crippen LogP contribution in [0.1, 0.15) is 49.7 Å². The zero-order chi connectivity index (χ0) is 9.97. The SMILES string of the molecule is CCCC[C@@H]1C[C@H]1c1ccc(C)cc1. The minimum Gasteiger partial charge on any atom is -0.0654 e. The van der Waals surface area contributed by atoms with Crippen molar-refractivity contribution < 1.29 is 0 Å². The second-order valence-corrected chi connectivity index (χ2v) is 4.66. The molecule has 1 fully saturated rings. The highest BCUT2D eigenvalue weighted by atomic mass is 14.4. The Balaban J connectivity index is 1.89. The lowest BCUT2D eigenvalue weighted by Crippen LogP contribution is -1.84. The zero-order valence-electron chi connectivity index (χ0n) is 9.29. The Morgan fingerprint density at radius 3 is 2.57 bits per heavy atom. The van der Waals surface area contributed by atoms with Gasteiger partial charge in [-0.25, -0.2) is 0 Å². The van der Waals surface area contributed by atoms with E-state index in [9.17, 15) is 0 Å². The molecule has 2 atom stereocenters. The van der Waals surface area contributed by atoms with Crippen molar-refractivity contribution in [2.75, 3.05) is 0 Å². The lowest BCUT2D eigenvalue weighted by atomic mass is 10.1. The Morgan fingerprint density at radius 1 is 1.21 bits per heavy atom. The first kappa shape index (κ1) is 9.76. The van der Waals surface area contributed by atoms with Crippen LogP contribution in [-0.2, 0) is 0 Å². The van der Waals surface area contributed by atoms with Crippen LogP contribution >= 0.6 is 0 Å². The number of unbranched alkanes of at least 4 members (excludes halogenated alkanes) is 1. The standard InChI is InChI=1S/C14H20/c1-3-4-5-13-10-14(13)12-8-6-11(2)7-9-12/h6-9,13-14H,3-5,10H2,1-2H3/t13-,14+/m1/s1. The molecule has 0 unspecified atom stereocenters. The molecule has 1 aliphatic carbocycles. The molecule has 0 aliphatic heterocycles. The van der Waals surface area contributed by atoms with E-state index in [4.69, 9.17) is 0 Å². The van der Waals surface area contributed by atoms with Gasteiger partial charge in [-0.15, -0.1) is 0 Å². The second kappa shape index (κ2) is 4.16. The Hall–Kier alpha value is -0.780. The van der Waals surface area contributed by atoms with Crippen molar-refractivity contribution in [3.63, 3.8) is 0 Å². The number of benzene rings is 1. The van der Waals surface area contributed by atoms with E-state index in [-0.39, 0.29) is 0 Å². The van der Waals surface area contributed by atoms with Crippen molar-refractivity contribution in [2.24, 2.45) is 5.92 Å². The van der Waals surface area contributed by atoms with Crippen LogP contribution in [0.5, 0.6) is 0 Å². The van der Waals surface area contributed by atoms with E-state index in [1.54, 1.807) is 5.56 Å². The van der Waals surface area contributed by atoms with Crippen molar-refractivity contribution in [1.82, 2.24) is 0 Å². The molecule has 0 aromatic heterocycles. The fraction of sp³-hybridized carbons (Fsp3) is 0.571. The Kier molecular flexibility index (Phi) is 2.90. The van der Waals surface area contributed by atoms with Gasteiger partial charge in [0.15, 0.2) is 0 Å². The first-order valence-corrected chi connectivity index (χ1v) is 5.88. The first-order valence-electron chi connectivity index (χ1n) is 5.88. The second-order valence-electron chi connectivity index (χ2n) is 4.66. The van der Waals surface area contributed by atoms with Gasteiger partial charge in [-0.05, 0) is 37.2 Å². The average Bonchev–Trinajstić information content (AvgIpc) is 2.95. The van der Waals surface area contributed by atoms with Crippen LogP contribution < -0.4 is 0 Å². The van der Waals surface area contributed by atoms with Crippen LogP contribution in [0.15, 0.2) is 24.3 Å². The summed E-state index contributed by atoms with van der Waals surface area (Å²) in [5, 5.41) is 0. The quantitative estimate of drug-likeness (QED) is 0.661. The van der Waals surface area contributed by atoms with Crippen molar-refractivity contribution in [1.29, 1.82) is 0 Å². The summed E-state index contributed by atoms with van der Waals surface area (Å²) in [5.41, 5.74) is 2.94. The van der Waals surface area contributed by atoms with Crippen molar-refractivity contribution in [3.8, 4) is 0 Å². The first-order chi connectivity index (χ1) is 6.81. The van der Waals surface area contributed by atoms with Crippen LogP contribution in [0.4, 0.5) is 0 Å². The van der Waals surface area contributed by atoms with Gasteiger partial charge in [0.25, 0.3) is 0 Å². The van der Waals surface area contributed by atoms with Crippen molar-refractivity contribution >= 4 is 0 Å². The molecule has 1 aromatic rings. The normalized spacial score (nSPS) is 25.0. The van der Waals surface area contributed by atoms with Gasteiger partial charge in [0.1, 0.15) is 0 Å². The maximum absolute atomic E-state index is 2.31. The molecule has 14 heavy (non-hydrogen) atoms. The van der Waals surface area contributed by atoms with Crippen LogP contribution in [0.2, 0.25) is 0 Å². The van der Waals surface area contributed by atoms with E-state index in [0.717, 1.165) is 11.8 Å². The van der Waals surface area contributed by atoms with Gasteiger partial charge in [0.2, 0.25) is 0 Å². The minimum atomic E-state index is 0.891. The zero-order valence-corrected chi connectivity index (χ0v) is 9.29. The molecule has 1 aromatic carbocycles. The van der Waals surface area contributed by atoms with E-state index in [0.29, 0.717) is 0 Å². The third-order valence-electron chi connectivity index (χ3n) is 3.36. The molecule has 0 radical (unpaired) electrons. The monoisotopic (exact) mass is 188 g/mol. The summed E-state index contributed by atoms with van der Waals surface area (Å²) in [6, 6.07) is 9.10. The predicted molar refractivity (Wildman–Crippen MR) is 61.6 cm³/mol. The molecule has 1 aliphatic rings. The maximum atomic E-state index is 2.31. The molecular weight excluding hydrogens is 168 g/mol. The summed E-state index contributed by atoms with van der Waals surface area (Å²) in [6.45, 7) is 4.44. The molecule has 0 bridgehead atoms. The third kappa shape index (κ3) is 2.17. The summed E-state index contributed by atoms with van der Waals surface area (Å²) in [4.78, 5) is 0. The highest BCUT2D eigenvalue weighted by Gasteiger charge is 2.36. The Labute approximate surface area is 87.3 Å². The third-order valence-corrected chi connectivity index (χ3v) is 3.36. The number of rotatable bonds is 4. The summed E-state index contributed by atoms with van der Waals surface area (Å²) >= 11 is 0. The van der Waals surface area contributed by atoms with Gasteiger partial charge in [0.05, 0.1) is 0 Å². The van der Waals surface area contributed by atoms with Crippen molar-refractivity contribution in [3.05, 3.63) is 35.4 Å². The average molecular weight is 188 g/mol. The van der Waals surface area contributed by atoms with E-state index in [1.807, 2.05) is 0 Å². The van der Waals surface area contributed by atoms with Gasteiger partial charge in [0, 0.05) is 0 Å². The van der Waals surface area contributed by atoms with Gasteiger partial charge in [-0.3, -0.25) is 0 Å². The minimum absolute atomic E-state index is 0.891. The predicted octanol–water partition coefficient (Wildman–Crippen LogP) is 4.29. The summed E-state index contributed by atoms with van der Waals surface area (Å²) in [7, 11) is 0. The van der Waals surface area contributed by atoms with Gasteiger partial charge < -0.3 is 0 Å². The van der Waals surface area contributed by atoms with E-state index in [2.05, 4.69) is 38.1 Å². The molecule has 0 saturated heterocycles. The summed E-state index contributed by atoms with van der Waals surface area (Å²) < 4.78 is 0. The molecule has 0 heteroatoms. The van der Waals surface area contributed by atoms with Crippen LogP contribution in [0, 0.1) is 12.8 Å². The number of aryl methyl sites for hydroxylation is 1. The molecule has 2 rings (SSSR count). The molecule has 0 heterocycles. The van der Waals surface area contributed by atoms with Crippen LogP contribution in [0.25, 0.3) is 0 Å². The molecule has 0 amide bonds. The number of hydrogen-bond donors (Lipinski definition) is 0. The van der Waals surface area contributed by atoms with E-state index < -0.39 is 0 Å². The van der Waals surface area contributed by atoms with Crippen molar-refractivity contribution in [2.45, 2.75) is 45.4 Å². The lowest BCUT2D eigenvalue weighted by Gasteiger charge is -2.00. The van der Waals surface area contributed by atoms with Gasteiger partial charge >= 0.3 is 0 Å². The Bertz CT molecular complexity index is 283. The largest absolute Gasteiger partial charge is 0.0654 e. The lowest BCUT2D eigenvalue weighted by molar-refractivity contribution is 0.640. The van der Waals surface area contributed by atoms with Gasteiger partial charge in [-0.2, -0.15) is 0 Å². The highest BCUT2D eigenvalue weighted by Crippen LogP contribution is 2.50. The van der Waals surface area contributed by atoms with Gasteiger partial charge in [-0.1, -0.05) is 49.6 Å². The van der Waals surface area contributed by atoms with Crippen LogP contribution in [-0.4, -0.2) is 0 Å². The molecule has 0 N–H and O–H groups in total. The fourth-order valence-electron chi connectivity index (χ4n) is 2.25. The smallest absolute Gasteiger partial charge is 0.0131 e. The fourth-order valence-corrected chi connectivity index (χ4v) is 2.25. The summed E-state index contributed by atoms with van der Waals surface area (Å²) in [5.74, 6) is 1.89. The highest BCUT2D eigenvalue weighted by molar-refractivity contribution is 5.28. The van der Waals surface area contributed by atoms with Crippen LogP contribution in [0.3, 0.4) is 0 Å². The molecule has 0 nitrogen and oxygen atoms in total.